The molecule has 2 heterocycles. The number of benzene rings is 1. The zero-order valence-electron chi connectivity index (χ0n) is 11.0. The summed E-state index contributed by atoms with van der Waals surface area (Å²) in [4.78, 5) is 4.46. The summed E-state index contributed by atoms with van der Waals surface area (Å²) >= 11 is 1.70. The molecule has 1 N–H and O–H groups in total. The first-order chi connectivity index (χ1) is 9.76. The van der Waals surface area contributed by atoms with E-state index in [4.69, 9.17) is 5.26 Å². The minimum absolute atomic E-state index is 0.142. The van der Waals surface area contributed by atoms with Crippen LogP contribution in [0, 0.1) is 11.3 Å². The molecule has 20 heavy (non-hydrogen) atoms. The highest BCUT2D eigenvalue weighted by Crippen LogP contribution is 2.25. The number of hydrogen-bond donors (Lipinski definition) is 1. The van der Waals surface area contributed by atoms with Crippen LogP contribution in [0.3, 0.4) is 0 Å². The lowest BCUT2D eigenvalue weighted by molar-refractivity contribution is 0.880. The first-order valence-corrected chi connectivity index (χ1v) is 7.24. The Morgan fingerprint density at radius 1 is 1.30 bits per heavy atom. The maximum atomic E-state index is 8.92. The quantitative estimate of drug-likeness (QED) is 0.775. The Kier molecular flexibility index (Phi) is 3.36. The molecular formula is C16H13N3S. The molecule has 1 unspecified atom stereocenters. The van der Waals surface area contributed by atoms with Gasteiger partial charge in [-0.2, -0.15) is 5.26 Å². The smallest absolute Gasteiger partial charge is 0.0992 e. The van der Waals surface area contributed by atoms with Gasteiger partial charge in [0.25, 0.3) is 0 Å². The molecule has 1 aromatic carbocycles. The van der Waals surface area contributed by atoms with E-state index in [1.807, 2.05) is 30.5 Å². The lowest BCUT2D eigenvalue weighted by Crippen LogP contribution is -2.06. The van der Waals surface area contributed by atoms with Crippen molar-refractivity contribution in [2.75, 3.05) is 5.32 Å². The van der Waals surface area contributed by atoms with Crippen molar-refractivity contribution in [1.29, 1.82) is 5.26 Å². The van der Waals surface area contributed by atoms with E-state index >= 15 is 0 Å². The second kappa shape index (κ2) is 5.32. The number of nitriles is 1. The van der Waals surface area contributed by atoms with Crippen LogP contribution in [0.1, 0.15) is 24.1 Å². The van der Waals surface area contributed by atoms with Gasteiger partial charge in [0.2, 0.25) is 0 Å². The number of pyridine rings is 1. The molecule has 0 fully saturated rings. The monoisotopic (exact) mass is 279 g/mol. The van der Waals surface area contributed by atoms with E-state index < -0.39 is 0 Å². The van der Waals surface area contributed by atoms with Crippen LogP contribution in [-0.2, 0) is 0 Å². The molecule has 3 aromatic rings. The Balaban J connectivity index is 1.84. The van der Waals surface area contributed by atoms with Crippen molar-refractivity contribution in [1.82, 2.24) is 4.98 Å². The van der Waals surface area contributed by atoms with E-state index in [9.17, 15) is 0 Å². The minimum Gasteiger partial charge on any atom is -0.378 e. The third kappa shape index (κ3) is 2.49. The molecule has 0 bridgehead atoms. The van der Waals surface area contributed by atoms with Crippen molar-refractivity contribution in [2.24, 2.45) is 0 Å². The predicted molar refractivity (Wildman–Crippen MR) is 82.8 cm³/mol. The van der Waals surface area contributed by atoms with Gasteiger partial charge in [-0.05, 0) is 48.2 Å². The van der Waals surface area contributed by atoms with Gasteiger partial charge in [-0.25, -0.2) is 0 Å². The Labute approximate surface area is 121 Å². The van der Waals surface area contributed by atoms with Gasteiger partial charge in [0, 0.05) is 11.9 Å². The Bertz CT molecular complexity index is 786. The molecule has 0 aliphatic heterocycles. The van der Waals surface area contributed by atoms with Gasteiger partial charge in [-0.3, -0.25) is 4.98 Å². The molecule has 0 spiro atoms. The van der Waals surface area contributed by atoms with Gasteiger partial charge in [0.05, 0.1) is 27.9 Å². The lowest BCUT2D eigenvalue weighted by Gasteiger charge is -2.15. The molecule has 0 aliphatic rings. The second-order valence-corrected chi connectivity index (χ2v) is 5.58. The van der Waals surface area contributed by atoms with Crippen LogP contribution in [0.25, 0.3) is 10.2 Å². The van der Waals surface area contributed by atoms with Gasteiger partial charge < -0.3 is 5.32 Å². The third-order valence-electron chi connectivity index (χ3n) is 3.20. The van der Waals surface area contributed by atoms with Crippen molar-refractivity contribution in [3.05, 3.63) is 59.1 Å². The van der Waals surface area contributed by atoms with Crippen molar-refractivity contribution < 1.29 is 0 Å². The van der Waals surface area contributed by atoms with Crippen molar-refractivity contribution >= 4 is 27.2 Å². The molecular weight excluding hydrogens is 266 g/mol. The van der Waals surface area contributed by atoms with E-state index in [0.717, 1.165) is 16.8 Å². The largest absolute Gasteiger partial charge is 0.378 e. The number of rotatable bonds is 3. The average molecular weight is 279 g/mol. The van der Waals surface area contributed by atoms with E-state index in [0.29, 0.717) is 5.56 Å². The number of fused-ring (bicyclic) bond motifs is 1. The van der Waals surface area contributed by atoms with E-state index in [1.54, 1.807) is 17.4 Å². The van der Waals surface area contributed by atoms with Crippen molar-refractivity contribution in [3.63, 3.8) is 0 Å². The predicted octanol–water partition coefficient (Wildman–Crippen LogP) is 4.34. The fourth-order valence-corrected chi connectivity index (χ4v) is 2.90. The molecule has 4 heteroatoms. The summed E-state index contributed by atoms with van der Waals surface area (Å²) in [5, 5.41) is 14.4. The number of nitrogens with zero attached hydrogens (tertiary/aromatic N) is 2. The summed E-state index contributed by atoms with van der Waals surface area (Å²) in [5.41, 5.74) is 3.79. The van der Waals surface area contributed by atoms with E-state index in [-0.39, 0.29) is 6.04 Å². The number of hydrogen-bond acceptors (Lipinski definition) is 4. The van der Waals surface area contributed by atoms with Crippen LogP contribution in [0.4, 0.5) is 5.69 Å². The normalized spacial score (nSPS) is 12.0. The summed E-state index contributed by atoms with van der Waals surface area (Å²) in [5.74, 6) is 0. The van der Waals surface area contributed by atoms with Gasteiger partial charge >= 0.3 is 0 Å². The molecule has 0 saturated heterocycles. The Morgan fingerprint density at radius 3 is 3.05 bits per heavy atom. The lowest BCUT2D eigenvalue weighted by atomic mass is 10.1. The van der Waals surface area contributed by atoms with Crippen LogP contribution in [0.2, 0.25) is 0 Å². The molecule has 3 rings (SSSR count). The summed E-state index contributed by atoms with van der Waals surface area (Å²) < 4.78 is 1.20. The standard InChI is InChI=1S/C16H13N3S/c1-11(19-14-4-2-3-12(7-14)9-17)13-8-16-15(18-10-13)5-6-20-16/h2-8,10-11,19H,1H3. The van der Waals surface area contributed by atoms with Gasteiger partial charge in [-0.15, -0.1) is 11.3 Å². The number of anilines is 1. The number of nitrogens with one attached hydrogen (secondary N) is 1. The maximum absolute atomic E-state index is 8.92. The number of aromatic nitrogens is 1. The average Bonchev–Trinajstić information content (AvgIpc) is 2.94. The van der Waals surface area contributed by atoms with Crippen LogP contribution in [-0.4, -0.2) is 4.98 Å². The van der Waals surface area contributed by atoms with Crippen molar-refractivity contribution in [3.8, 4) is 6.07 Å². The molecule has 0 saturated carbocycles. The Hall–Kier alpha value is -2.38. The topological polar surface area (TPSA) is 48.7 Å². The van der Waals surface area contributed by atoms with Gasteiger partial charge in [-0.1, -0.05) is 6.07 Å². The van der Waals surface area contributed by atoms with Crippen LogP contribution in [0.5, 0.6) is 0 Å². The molecule has 2 aromatic heterocycles. The molecule has 98 valence electrons. The fraction of sp³-hybridized carbons (Fsp3) is 0.125. The first kappa shape index (κ1) is 12.6. The Morgan fingerprint density at radius 2 is 2.20 bits per heavy atom. The van der Waals surface area contributed by atoms with Crippen LogP contribution < -0.4 is 5.32 Å². The first-order valence-electron chi connectivity index (χ1n) is 6.36. The van der Waals surface area contributed by atoms with Gasteiger partial charge in [0.1, 0.15) is 0 Å². The van der Waals surface area contributed by atoms with E-state index in [2.05, 4.69) is 34.7 Å². The highest BCUT2D eigenvalue weighted by atomic mass is 32.1. The van der Waals surface area contributed by atoms with Crippen LogP contribution in [0.15, 0.2) is 48.0 Å². The fourth-order valence-electron chi connectivity index (χ4n) is 2.11. The zero-order chi connectivity index (χ0) is 13.9. The van der Waals surface area contributed by atoms with Crippen LogP contribution >= 0.6 is 11.3 Å². The molecule has 0 aliphatic carbocycles. The second-order valence-electron chi connectivity index (χ2n) is 4.63. The summed E-state index contributed by atoms with van der Waals surface area (Å²) in [6.45, 7) is 2.09. The summed E-state index contributed by atoms with van der Waals surface area (Å²) in [6, 6.07) is 14.0. The minimum atomic E-state index is 0.142. The zero-order valence-corrected chi connectivity index (χ0v) is 11.8. The molecule has 0 radical (unpaired) electrons. The third-order valence-corrected chi connectivity index (χ3v) is 4.05. The van der Waals surface area contributed by atoms with Gasteiger partial charge in [0.15, 0.2) is 0 Å². The summed E-state index contributed by atoms with van der Waals surface area (Å²) in [6.07, 6.45) is 1.90. The molecule has 0 amide bonds. The summed E-state index contributed by atoms with van der Waals surface area (Å²) in [7, 11) is 0. The highest BCUT2D eigenvalue weighted by Gasteiger charge is 2.08. The highest BCUT2D eigenvalue weighted by molar-refractivity contribution is 7.17. The number of thiophene rings is 1. The molecule has 1 atom stereocenters. The van der Waals surface area contributed by atoms with Crippen molar-refractivity contribution in [2.45, 2.75) is 13.0 Å². The maximum Gasteiger partial charge on any atom is 0.0992 e. The molecule has 3 nitrogen and oxygen atoms in total. The SMILES string of the molecule is CC(Nc1cccc(C#N)c1)c1cnc2ccsc2c1. The van der Waals surface area contributed by atoms with E-state index in [1.165, 1.54) is 4.70 Å².